The van der Waals surface area contributed by atoms with Crippen molar-refractivity contribution in [3.8, 4) is 0 Å². The van der Waals surface area contributed by atoms with Crippen molar-refractivity contribution in [3.05, 3.63) is 24.2 Å². The predicted octanol–water partition coefficient (Wildman–Crippen LogP) is 2.19. The zero-order chi connectivity index (χ0) is 10.5. The highest BCUT2D eigenvalue weighted by Gasteiger charge is 2.19. The fourth-order valence-corrected chi connectivity index (χ4v) is 2.88. The van der Waals surface area contributed by atoms with Gasteiger partial charge in [-0.15, -0.1) is 11.8 Å². The third-order valence-electron chi connectivity index (χ3n) is 2.58. The summed E-state index contributed by atoms with van der Waals surface area (Å²) >= 11 is 1.83. The Labute approximate surface area is 94.4 Å². The molecule has 0 aliphatic carbocycles. The Hall–Kier alpha value is -0.450. The van der Waals surface area contributed by atoms with E-state index in [0.29, 0.717) is 12.6 Å². The number of hydrogen-bond acceptors (Lipinski definition) is 4. The van der Waals surface area contributed by atoms with Gasteiger partial charge in [0.15, 0.2) is 0 Å². The molecule has 2 atom stereocenters. The van der Waals surface area contributed by atoms with Crippen molar-refractivity contribution in [2.45, 2.75) is 24.2 Å². The van der Waals surface area contributed by atoms with Crippen LogP contribution in [0.25, 0.3) is 0 Å². The molecular formula is C11H17NO2S. The van der Waals surface area contributed by atoms with Gasteiger partial charge < -0.3 is 14.9 Å². The second-order valence-electron chi connectivity index (χ2n) is 3.71. The van der Waals surface area contributed by atoms with Gasteiger partial charge in [-0.05, 0) is 25.0 Å². The molecule has 0 bridgehead atoms. The largest absolute Gasteiger partial charge is 0.468 e. The van der Waals surface area contributed by atoms with E-state index in [9.17, 15) is 0 Å². The first-order valence-electron chi connectivity index (χ1n) is 5.37. The average molecular weight is 227 g/mol. The van der Waals surface area contributed by atoms with Crippen molar-refractivity contribution in [1.29, 1.82) is 0 Å². The smallest absolute Gasteiger partial charge is 0.118 e. The molecule has 2 heterocycles. The molecule has 0 aromatic carbocycles. The lowest BCUT2D eigenvalue weighted by Crippen LogP contribution is -2.14. The number of furan rings is 1. The van der Waals surface area contributed by atoms with Crippen molar-refractivity contribution in [2.24, 2.45) is 5.73 Å². The molecule has 1 aliphatic heterocycles. The Balaban J connectivity index is 1.80. The van der Waals surface area contributed by atoms with Crippen molar-refractivity contribution in [2.75, 3.05) is 18.9 Å². The Bertz CT molecular complexity index is 270. The van der Waals surface area contributed by atoms with E-state index in [2.05, 4.69) is 0 Å². The minimum atomic E-state index is 0.268. The Morgan fingerprint density at radius 1 is 1.60 bits per heavy atom. The number of ether oxygens (including phenoxy) is 1. The summed E-state index contributed by atoms with van der Waals surface area (Å²) in [6.45, 7) is 1.53. The van der Waals surface area contributed by atoms with Crippen LogP contribution in [-0.4, -0.2) is 25.0 Å². The summed E-state index contributed by atoms with van der Waals surface area (Å²) in [5.74, 6) is 1.99. The van der Waals surface area contributed by atoms with Gasteiger partial charge in [-0.2, -0.15) is 0 Å². The Morgan fingerprint density at radius 3 is 3.13 bits per heavy atom. The molecule has 0 amide bonds. The molecule has 2 rings (SSSR count). The van der Waals surface area contributed by atoms with Crippen LogP contribution in [0.1, 0.15) is 23.9 Å². The maximum atomic E-state index is 5.73. The monoisotopic (exact) mass is 227 g/mol. The van der Waals surface area contributed by atoms with E-state index in [4.69, 9.17) is 14.9 Å². The van der Waals surface area contributed by atoms with Crippen LogP contribution in [0.5, 0.6) is 0 Å². The van der Waals surface area contributed by atoms with Crippen LogP contribution in [0.4, 0.5) is 0 Å². The van der Waals surface area contributed by atoms with Crippen LogP contribution in [0.3, 0.4) is 0 Å². The number of thioether (sulfide) groups is 1. The number of nitrogens with two attached hydrogens (primary N) is 1. The van der Waals surface area contributed by atoms with Gasteiger partial charge in [-0.25, -0.2) is 0 Å². The quantitative estimate of drug-likeness (QED) is 0.837. The van der Waals surface area contributed by atoms with Crippen molar-refractivity contribution in [3.63, 3.8) is 0 Å². The normalized spacial score (nSPS) is 23.1. The summed E-state index contributed by atoms with van der Waals surface area (Å²) in [6, 6.07) is 3.89. The first-order chi connectivity index (χ1) is 7.40. The minimum Gasteiger partial charge on any atom is -0.468 e. The van der Waals surface area contributed by atoms with Crippen molar-refractivity contribution in [1.82, 2.24) is 0 Å². The molecule has 1 fully saturated rings. The van der Waals surface area contributed by atoms with E-state index in [1.165, 1.54) is 12.8 Å². The van der Waals surface area contributed by atoms with Crippen LogP contribution >= 0.6 is 11.8 Å². The van der Waals surface area contributed by atoms with E-state index in [1.54, 1.807) is 6.26 Å². The molecule has 0 spiro atoms. The SMILES string of the molecule is NCC(SCC1CCCO1)c1ccco1. The van der Waals surface area contributed by atoms with Crippen LogP contribution in [0, 0.1) is 0 Å². The van der Waals surface area contributed by atoms with E-state index in [1.807, 2.05) is 23.9 Å². The summed E-state index contributed by atoms with van der Waals surface area (Å²) in [7, 11) is 0. The third-order valence-corrected chi connectivity index (χ3v) is 3.97. The summed E-state index contributed by atoms with van der Waals surface area (Å²) in [5.41, 5.74) is 5.73. The highest BCUT2D eigenvalue weighted by molar-refractivity contribution is 7.99. The average Bonchev–Trinajstić information content (AvgIpc) is 2.90. The molecule has 0 saturated carbocycles. The second kappa shape index (κ2) is 5.58. The maximum absolute atomic E-state index is 5.73. The van der Waals surface area contributed by atoms with Gasteiger partial charge >= 0.3 is 0 Å². The molecule has 1 aromatic rings. The zero-order valence-electron chi connectivity index (χ0n) is 8.72. The Kier molecular flexibility index (Phi) is 4.11. The standard InChI is InChI=1S/C11H17NO2S/c12-7-11(10-4-2-6-14-10)15-8-9-3-1-5-13-9/h2,4,6,9,11H,1,3,5,7-8,12H2. The molecular weight excluding hydrogens is 210 g/mol. The molecule has 0 radical (unpaired) electrons. The molecule has 4 heteroatoms. The van der Waals surface area contributed by atoms with Crippen molar-refractivity contribution < 1.29 is 9.15 Å². The van der Waals surface area contributed by atoms with Gasteiger partial charge in [0.25, 0.3) is 0 Å². The lowest BCUT2D eigenvalue weighted by molar-refractivity contribution is 0.128. The fraction of sp³-hybridized carbons (Fsp3) is 0.636. The van der Waals surface area contributed by atoms with E-state index in [0.717, 1.165) is 18.1 Å². The fourth-order valence-electron chi connectivity index (χ4n) is 1.74. The summed E-state index contributed by atoms with van der Waals surface area (Å²) in [5, 5.41) is 0.268. The lowest BCUT2D eigenvalue weighted by Gasteiger charge is -2.14. The molecule has 3 nitrogen and oxygen atoms in total. The predicted molar refractivity (Wildman–Crippen MR) is 61.9 cm³/mol. The maximum Gasteiger partial charge on any atom is 0.118 e. The number of hydrogen-bond donors (Lipinski definition) is 1. The van der Waals surface area contributed by atoms with E-state index < -0.39 is 0 Å². The molecule has 2 N–H and O–H groups in total. The molecule has 1 aromatic heterocycles. The summed E-state index contributed by atoms with van der Waals surface area (Å²) < 4.78 is 10.9. The first kappa shape index (κ1) is 11.0. The van der Waals surface area contributed by atoms with Crippen LogP contribution in [0.15, 0.2) is 22.8 Å². The topological polar surface area (TPSA) is 48.4 Å². The van der Waals surface area contributed by atoms with E-state index >= 15 is 0 Å². The first-order valence-corrected chi connectivity index (χ1v) is 6.41. The van der Waals surface area contributed by atoms with Gasteiger partial charge in [0.05, 0.1) is 17.6 Å². The van der Waals surface area contributed by atoms with Gasteiger partial charge in [-0.1, -0.05) is 0 Å². The highest BCUT2D eigenvalue weighted by atomic mass is 32.2. The van der Waals surface area contributed by atoms with Gasteiger partial charge in [0.2, 0.25) is 0 Å². The Morgan fingerprint density at radius 2 is 2.53 bits per heavy atom. The molecule has 1 aliphatic rings. The zero-order valence-corrected chi connectivity index (χ0v) is 9.54. The van der Waals surface area contributed by atoms with Crippen LogP contribution < -0.4 is 5.73 Å². The molecule has 15 heavy (non-hydrogen) atoms. The van der Waals surface area contributed by atoms with Crippen LogP contribution in [-0.2, 0) is 4.74 Å². The lowest BCUT2D eigenvalue weighted by atomic mass is 10.3. The molecule has 84 valence electrons. The summed E-state index contributed by atoms with van der Waals surface area (Å²) in [4.78, 5) is 0. The van der Waals surface area contributed by atoms with Gasteiger partial charge in [0, 0.05) is 18.9 Å². The highest BCUT2D eigenvalue weighted by Crippen LogP contribution is 2.30. The molecule has 1 saturated heterocycles. The third kappa shape index (κ3) is 3.00. The molecule has 2 unspecified atom stereocenters. The summed E-state index contributed by atoms with van der Waals surface area (Å²) in [6.07, 6.45) is 4.49. The van der Waals surface area contributed by atoms with E-state index in [-0.39, 0.29) is 5.25 Å². The van der Waals surface area contributed by atoms with Gasteiger partial charge in [-0.3, -0.25) is 0 Å². The minimum absolute atomic E-state index is 0.268. The van der Waals surface area contributed by atoms with Gasteiger partial charge in [0.1, 0.15) is 5.76 Å². The van der Waals surface area contributed by atoms with Crippen molar-refractivity contribution >= 4 is 11.8 Å². The second-order valence-corrected chi connectivity index (χ2v) is 4.94. The van der Waals surface area contributed by atoms with Crippen LogP contribution in [0.2, 0.25) is 0 Å². The number of rotatable bonds is 5.